The third-order valence-corrected chi connectivity index (χ3v) is 8.46. The van der Waals surface area contributed by atoms with E-state index in [1.807, 2.05) is 52.8 Å². The van der Waals surface area contributed by atoms with Gasteiger partial charge in [0.05, 0.1) is 16.4 Å². The Labute approximate surface area is 288 Å². The van der Waals surface area contributed by atoms with Crippen LogP contribution in [0.5, 0.6) is 5.75 Å². The average molecular weight is 698 g/mol. The molecule has 5 rings (SSSR count). The second-order valence-electron chi connectivity index (χ2n) is 10.8. The van der Waals surface area contributed by atoms with Crippen molar-refractivity contribution < 1.29 is 26.7 Å². The van der Waals surface area contributed by atoms with E-state index in [1.165, 1.54) is 36.4 Å². The molecule has 3 N–H and O–H groups in total. The Morgan fingerprint density at radius 2 is 1.63 bits per heavy atom. The Balaban J connectivity index is 0.000000253. The van der Waals surface area contributed by atoms with Crippen molar-refractivity contribution in [1.29, 1.82) is 5.41 Å². The number of halogens is 5. The number of rotatable bonds is 9. The molecule has 3 aromatic rings. The van der Waals surface area contributed by atoms with Gasteiger partial charge in [-0.15, -0.1) is 24.9 Å². The van der Waals surface area contributed by atoms with Crippen LogP contribution in [0.3, 0.4) is 0 Å². The first-order chi connectivity index (χ1) is 23.4. The highest BCUT2D eigenvalue weighted by Crippen LogP contribution is 2.52. The molecule has 0 saturated heterocycles. The Hall–Kier alpha value is -4.58. The Morgan fingerprint density at radius 1 is 1.00 bits per heavy atom. The first-order valence-electron chi connectivity index (χ1n) is 15.7. The number of alkyl halides is 3. The lowest BCUT2D eigenvalue weighted by molar-refractivity contribution is -0.274. The van der Waals surface area contributed by atoms with Crippen molar-refractivity contribution in [2.75, 3.05) is 5.75 Å². The molecule has 6 nitrogen and oxygen atoms in total. The number of aryl methyl sites for hydroxylation is 2. The fraction of sp³-hybridized carbons (Fsp3) is 0.297. The summed E-state index contributed by atoms with van der Waals surface area (Å²) < 4.78 is 68.1. The summed E-state index contributed by atoms with van der Waals surface area (Å²) in [5, 5.41) is 8.02. The fourth-order valence-corrected chi connectivity index (χ4v) is 5.59. The summed E-state index contributed by atoms with van der Waals surface area (Å²) in [6.45, 7) is 10.1. The maximum absolute atomic E-state index is 14.2. The minimum Gasteiger partial charge on any atom is -0.406 e. The van der Waals surface area contributed by atoms with E-state index in [0.29, 0.717) is 17.0 Å². The van der Waals surface area contributed by atoms with E-state index in [2.05, 4.69) is 14.7 Å². The van der Waals surface area contributed by atoms with Crippen LogP contribution in [0.2, 0.25) is 0 Å². The third kappa shape index (κ3) is 11.8. The van der Waals surface area contributed by atoms with Crippen molar-refractivity contribution >= 4 is 46.6 Å². The van der Waals surface area contributed by atoms with Crippen molar-refractivity contribution in [2.24, 2.45) is 32.5 Å². The van der Waals surface area contributed by atoms with Crippen molar-refractivity contribution in [1.82, 2.24) is 0 Å². The minimum atomic E-state index is -4.73. The van der Waals surface area contributed by atoms with Gasteiger partial charge in [0, 0.05) is 29.0 Å². The molecule has 0 aliphatic heterocycles. The van der Waals surface area contributed by atoms with Crippen LogP contribution in [0.4, 0.5) is 33.3 Å². The van der Waals surface area contributed by atoms with Gasteiger partial charge in [-0.25, -0.2) is 23.8 Å². The number of nitrogens with two attached hydrogens (primary N) is 1. The Kier molecular flexibility index (Phi) is 14.5. The van der Waals surface area contributed by atoms with E-state index in [4.69, 9.17) is 16.1 Å². The molecular weight excluding hydrogens is 657 g/mol. The number of amidine groups is 1. The van der Waals surface area contributed by atoms with Crippen molar-refractivity contribution in [3.05, 3.63) is 112 Å². The van der Waals surface area contributed by atoms with Crippen LogP contribution >= 0.6 is 11.8 Å². The predicted molar refractivity (Wildman–Crippen MR) is 192 cm³/mol. The minimum absolute atomic E-state index is 0.0641. The molecule has 0 amide bonds. The summed E-state index contributed by atoms with van der Waals surface area (Å²) in [5.41, 5.74) is 11.0. The molecule has 1 fully saturated rings. The van der Waals surface area contributed by atoms with Gasteiger partial charge in [0.15, 0.2) is 0 Å². The average Bonchev–Trinajstić information content (AvgIpc) is 3.86. The smallest absolute Gasteiger partial charge is 0.406 e. The largest absolute Gasteiger partial charge is 0.573 e. The molecular formula is C37H40F5N5OS. The highest BCUT2D eigenvalue weighted by molar-refractivity contribution is 8.14. The van der Waals surface area contributed by atoms with Crippen molar-refractivity contribution in [3.8, 4) is 5.75 Å². The van der Waals surface area contributed by atoms with Gasteiger partial charge in [0.1, 0.15) is 29.6 Å². The van der Waals surface area contributed by atoms with Crippen LogP contribution in [0.15, 0.2) is 105 Å². The lowest BCUT2D eigenvalue weighted by atomic mass is 10.1. The van der Waals surface area contributed by atoms with Gasteiger partial charge < -0.3 is 15.9 Å². The molecule has 0 heterocycles. The molecule has 260 valence electrons. The zero-order valence-electron chi connectivity index (χ0n) is 28.0. The normalized spacial score (nSPS) is 17.3. The van der Waals surface area contributed by atoms with Gasteiger partial charge >= 0.3 is 6.36 Å². The van der Waals surface area contributed by atoms with Gasteiger partial charge in [0.25, 0.3) is 0 Å². The topological polar surface area (TPSA) is 96.2 Å². The first kappa shape index (κ1) is 38.9. The van der Waals surface area contributed by atoms with Crippen LogP contribution in [-0.4, -0.2) is 35.5 Å². The number of ether oxygens (including phenoxy) is 1. The molecule has 3 aromatic carbocycles. The molecule has 0 radical (unpaired) electrons. The summed E-state index contributed by atoms with van der Waals surface area (Å²) in [4.78, 5) is 12.7. The summed E-state index contributed by atoms with van der Waals surface area (Å²) in [6.07, 6.45) is 0.786. The predicted octanol–water partition coefficient (Wildman–Crippen LogP) is 10.9. The zero-order valence-corrected chi connectivity index (χ0v) is 28.8. The van der Waals surface area contributed by atoms with Crippen LogP contribution in [0.25, 0.3) is 0 Å². The SMILES string of the molecule is CC.CCC(=Nc1c(C)cccc1C)SCC1=C(F)C2CC2C=C1F.N=Cc1ccc(C(N)=NC=Nc2ccc(OC(F)(F)F)cc2)cc1. The maximum atomic E-state index is 14.2. The molecule has 0 aromatic heterocycles. The number of aliphatic imine (C=N–C) groups is 3. The number of nitrogens with zero attached hydrogens (tertiary/aromatic N) is 3. The zero-order chi connectivity index (χ0) is 36.1. The van der Waals surface area contributed by atoms with Crippen molar-refractivity contribution in [2.45, 2.75) is 53.8 Å². The Morgan fingerprint density at radius 3 is 2.20 bits per heavy atom. The van der Waals surface area contributed by atoms with Gasteiger partial charge in [-0.3, -0.25) is 0 Å². The van der Waals surface area contributed by atoms with Gasteiger partial charge in [-0.1, -0.05) is 63.2 Å². The highest BCUT2D eigenvalue weighted by atomic mass is 32.2. The number of nitrogens with one attached hydrogen (secondary N) is 1. The molecule has 12 heteroatoms. The molecule has 49 heavy (non-hydrogen) atoms. The second-order valence-corrected chi connectivity index (χ2v) is 11.9. The van der Waals surface area contributed by atoms with E-state index in [0.717, 1.165) is 52.4 Å². The number of hydrogen-bond acceptors (Lipinski definition) is 5. The van der Waals surface area contributed by atoms with Crippen LogP contribution < -0.4 is 10.5 Å². The number of fused-ring (bicyclic) bond motifs is 1. The highest BCUT2D eigenvalue weighted by Gasteiger charge is 2.44. The maximum Gasteiger partial charge on any atom is 0.573 e. The lowest BCUT2D eigenvalue weighted by Crippen LogP contribution is -2.16. The van der Waals surface area contributed by atoms with E-state index >= 15 is 0 Å². The van der Waals surface area contributed by atoms with E-state index in [-0.39, 0.29) is 40.6 Å². The number of para-hydroxylation sites is 1. The summed E-state index contributed by atoms with van der Waals surface area (Å²) in [6, 6.07) is 18.0. The third-order valence-electron chi connectivity index (χ3n) is 7.31. The lowest BCUT2D eigenvalue weighted by Gasteiger charge is -2.13. The number of hydrogen-bond donors (Lipinski definition) is 2. The van der Waals surface area contributed by atoms with Crippen LogP contribution in [-0.2, 0) is 0 Å². The standard InChI is InChI=1S/C19H21F2NS.C16H13F3N4O.C2H6/c1-4-17(22-19-11(2)6-5-7-12(19)3)23-10-15-16(20)9-13-8-14(13)18(15)21;17-16(18,19)24-14-7-5-13(6-8-14)22-10-23-15(21)12-3-1-11(9-20)2-4-12;1-2/h5-7,9,13-14H,4,8,10H2,1-3H3;1-10,20H,(H2,21,22,23);1-2H3. The quantitative estimate of drug-likeness (QED) is 0.132. The van der Waals surface area contributed by atoms with E-state index < -0.39 is 6.36 Å². The molecule has 0 bridgehead atoms. The number of benzene rings is 3. The fourth-order valence-electron chi connectivity index (χ4n) is 4.65. The van der Waals surface area contributed by atoms with Crippen LogP contribution in [0.1, 0.15) is 55.9 Å². The molecule has 2 aliphatic rings. The summed E-state index contributed by atoms with van der Waals surface area (Å²) in [7, 11) is 0. The molecule has 2 atom stereocenters. The second kappa shape index (κ2) is 18.3. The first-order valence-corrected chi connectivity index (χ1v) is 16.7. The molecule has 1 saturated carbocycles. The van der Waals surface area contributed by atoms with Gasteiger partial charge in [-0.05, 0) is 79.6 Å². The van der Waals surface area contributed by atoms with E-state index in [9.17, 15) is 22.0 Å². The van der Waals surface area contributed by atoms with Gasteiger partial charge in [0.2, 0.25) is 0 Å². The Bertz CT molecular complexity index is 1710. The molecule has 0 spiro atoms. The number of thioether (sulfide) groups is 1. The molecule has 2 aliphatic carbocycles. The summed E-state index contributed by atoms with van der Waals surface area (Å²) >= 11 is 1.44. The summed E-state index contributed by atoms with van der Waals surface area (Å²) in [5.74, 6) is -0.373. The van der Waals surface area contributed by atoms with Gasteiger partial charge in [-0.2, -0.15) is 0 Å². The van der Waals surface area contributed by atoms with Crippen molar-refractivity contribution in [3.63, 3.8) is 0 Å². The number of allylic oxidation sites excluding steroid dienone is 3. The monoisotopic (exact) mass is 697 g/mol. The van der Waals surface area contributed by atoms with Crippen LogP contribution in [0, 0.1) is 31.1 Å². The van der Waals surface area contributed by atoms with E-state index in [1.54, 1.807) is 30.3 Å². The molecule has 2 unspecified atom stereocenters.